The van der Waals surface area contributed by atoms with E-state index in [0.29, 0.717) is 0 Å². The van der Waals surface area contributed by atoms with Gasteiger partial charge in [0.25, 0.3) is 0 Å². The van der Waals surface area contributed by atoms with Gasteiger partial charge in [-0.25, -0.2) is 13.8 Å². The number of pyridine rings is 1. The molecule has 2 aromatic rings. The van der Waals surface area contributed by atoms with Crippen LogP contribution in [-0.4, -0.2) is 4.98 Å². The Morgan fingerprint density at radius 3 is 2.47 bits per heavy atom. The normalized spacial score (nSPS) is 10.6. The Kier molecular flexibility index (Phi) is 4.13. The third-order valence-corrected chi connectivity index (χ3v) is 3.42. The summed E-state index contributed by atoms with van der Waals surface area (Å²) in [5, 5.41) is 2.88. The summed E-state index contributed by atoms with van der Waals surface area (Å²) < 4.78 is 27.0. The van der Waals surface area contributed by atoms with Gasteiger partial charge in [0.05, 0.1) is 20.2 Å². The van der Waals surface area contributed by atoms with Crippen molar-refractivity contribution >= 4 is 56.5 Å². The van der Waals surface area contributed by atoms with E-state index in [1.807, 2.05) is 0 Å². The molecule has 1 heterocycles. The molecule has 3 nitrogen and oxygen atoms in total. The van der Waals surface area contributed by atoms with E-state index in [0.717, 1.165) is 12.1 Å². The van der Waals surface area contributed by atoms with Gasteiger partial charge in [0.1, 0.15) is 17.5 Å². The molecule has 0 fully saturated rings. The highest BCUT2D eigenvalue weighted by atomic mass is 79.9. The molecule has 2 rings (SSSR count). The Morgan fingerprint density at radius 2 is 1.79 bits per heavy atom. The minimum atomic E-state index is -0.667. The second-order valence-electron chi connectivity index (χ2n) is 3.56. The highest BCUT2D eigenvalue weighted by molar-refractivity contribution is 9.10. The van der Waals surface area contributed by atoms with Gasteiger partial charge in [-0.15, -0.1) is 0 Å². The van der Waals surface area contributed by atoms with Gasteiger partial charge in [-0.2, -0.15) is 0 Å². The largest absolute Gasteiger partial charge is 0.382 e. The summed E-state index contributed by atoms with van der Waals surface area (Å²) in [4.78, 5) is 3.86. The van der Waals surface area contributed by atoms with Crippen molar-refractivity contribution in [1.82, 2.24) is 4.98 Å². The minimum absolute atomic E-state index is 0.0187. The number of halogens is 5. The molecule has 0 aliphatic carbocycles. The van der Waals surface area contributed by atoms with Gasteiger partial charge < -0.3 is 11.1 Å². The van der Waals surface area contributed by atoms with Gasteiger partial charge in [0.15, 0.2) is 5.82 Å². The molecular weight excluding hydrogens is 363 g/mol. The van der Waals surface area contributed by atoms with E-state index < -0.39 is 11.6 Å². The van der Waals surface area contributed by atoms with E-state index >= 15 is 0 Å². The average molecular weight is 369 g/mol. The molecule has 0 spiro atoms. The topological polar surface area (TPSA) is 50.9 Å². The molecule has 0 amide bonds. The van der Waals surface area contributed by atoms with Crippen molar-refractivity contribution in [3.05, 3.63) is 44.4 Å². The maximum Gasteiger partial charge on any atom is 0.151 e. The number of aromatic nitrogens is 1. The number of rotatable bonds is 2. The average Bonchev–Trinajstić information content (AvgIpc) is 2.32. The molecule has 8 heteroatoms. The summed E-state index contributed by atoms with van der Waals surface area (Å²) >= 11 is 14.5. The fraction of sp³-hybridized carbons (Fsp3) is 0. The lowest BCUT2D eigenvalue weighted by atomic mass is 10.3. The molecule has 0 saturated carbocycles. The van der Waals surface area contributed by atoms with Crippen LogP contribution in [0.1, 0.15) is 0 Å². The second-order valence-corrected chi connectivity index (χ2v) is 5.23. The Hall–Kier alpha value is -1.11. The first-order valence-corrected chi connectivity index (χ1v) is 6.46. The molecule has 1 aromatic carbocycles. The summed E-state index contributed by atoms with van der Waals surface area (Å²) in [6, 6.07) is 3.33. The van der Waals surface area contributed by atoms with Gasteiger partial charge in [-0.1, -0.05) is 23.2 Å². The van der Waals surface area contributed by atoms with Gasteiger partial charge in [0.2, 0.25) is 0 Å². The molecule has 0 saturated heterocycles. The quantitative estimate of drug-likeness (QED) is 0.751. The van der Waals surface area contributed by atoms with Crippen molar-refractivity contribution in [3.63, 3.8) is 0 Å². The number of nitrogens with one attached hydrogen (secondary N) is 1. The summed E-state index contributed by atoms with van der Waals surface area (Å²) in [6.45, 7) is 0. The van der Waals surface area contributed by atoms with Crippen molar-refractivity contribution in [2.45, 2.75) is 0 Å². The standard InChI is InChI=1S/C11H6BrCl2F2N3/c12-4-1-8(16)9(3-7(4)15)18-11-6(14)2-5(13)10(17)19-11/h1-3H,(H3,17,18,19). The number of nitrogen functional groups attached to an aromatic ring is 1. The fourth-order valence-electron chi connectivity index (χ4n) is 1.31. The molecule has 0 atom stereocenters. The van der Waals surface area contributed by atoms with Gasteiger partial charge >= 0.3 is 0 Å². The fourth-order valence-corrected chi connectivity index (χ4v) is 2.04. The highest BCUT2D eigenvalue weighted by Gasteiger charge is 2.12. The van der Waals surface area contributed by atoms with Crippen molar-refractivity contribution in [2.75, 3.05) is 11.1 Å². The maximum atomic E-state index is 13.6. The Balaban J connectivity index is 2.42. The molecule has 1 aromatic heterocycles. The lowest BCUT2D eigenvalue weighted by molar-refractivity contribution is 0.598. The summed E-state index contributed by atoms with van der Waals surface area (Å²) in [5.74, 6) is -1.17. The summed E-state index contributed by atoms with van der Waals surface area (Å²) in [6.07, 6.45) is 0. The first-order chi connectivity index (χ1) is 8.88. The number of nitrogens with two attached hydrogens (primary N) is 1. The molecule has 0 bridgehead atoms. The molecule has 0 radical (unpaired) electrons. The van der Waals surface area contributed by atoms with Crippen LogP contribution in [0, 0.1) is 11.6 Å². The molecule has 0 unspecified atom stereocenters. The smallest absolute Gasteiger partial charge is 0.151 e. The van der Waals surface area contributed by atoms with Crippen LogP contribution in [0.5, 0.6) is 0 Å². The Labute approximate surface area is 125 Å². The first kappa shape index (κ1) is 14.3. The first-order valence-electron chi connectivity index (χ1n) is 4.91. The van der Waals surface area contributed by atoms with E-state index in [9.17, 15) is 8.78 Å². The second kappa shape index (κ2) is 5.48. The third kappa shape index (κ3) is 3.08. The molecule has 0 aliphatic rings. The Morgan fingerprint density at radius 1 is 1.11 bits per heavy atom. The summed E-state index contributed by atoms with van der Waals surface area (Å²) in [5.41, 5.74) is 5.40. The SMILES string of the molecule is Nc1nc(Nc2cc(F)c(Br)cc2F)c(Cl)cc1Cl. The predicted molar refractivity (Wildman–Crippen MR) is 76.0 cm³/mol. The van der Waals surface area contributed by atoms with E-state index in [4.69, 9.17) is 28.9 Å². The maximum absolute atomic E-state index is 13.6. The minimum Gasteiger partial charge on any atom is -0.382 e. The van der Waals surface area contributed by atoms with Crippen molar-refractivity contribution in [2.24, 2.45) is 0 Å². The van der Waals surface area contributed by atoms with Gasteiger partial charge in [-0.3, -0.25) is 0 Å². The van der Waals surface area contributed by atoms with Crippen LogP contribution < -0.4 is 11.1 Å². The van der Waals surface area contributed by atoms with E-state index in [1.165, 1.54) is 6.07 Å². The highest BCUT2D eigenvalue weighted by Crippen LogP contribution is 2.31. The zero-order chi connectivity index (χ0) is 14.2. The van der Waals surface area contributed by atoms with Crippen LogP contribution in [0.4, 0.5) is 26.1 Å². The van der Waals surface area contributed by atoms with Crippen LogP contribution in [0.15, 0.2) is 22.7 Å². The lowest BCUT2D eigenvalue weighted by Gasteiger charge is -2.10. The summed E-state index contributed by atoms with van der Waals surface area (Å²) in [7, 11) is 0. The van der Waals surface area contributed by atoms with Crippen LogP contribution in [0.2, 0.25) is 10.0 Å². The van der Waals surface area contributed by atoms with Crippen LogP contribution in [0.3, 0.4) is 0 Å². The van der Waals surface area contributed by atoms with Crippen molar-refractivity contribution < 1.29 is 8.78 Å². The molecular formula is C11H6BrCl2F2N3. The molecule has 0 aliphatic heterocycles. The van der Waals surface area contributed by atoms with Crippen LogP contribution in [0.25, 0.3) is 0 Å². The monoisotopic (exact) mass is 367 g/mol. The molecule has 19 heavy (non-hydrogen) atoms. The van der Waals surface area contributed by atoms with E-state index in [1.54, 1.807) is 0 Å². The predicted octanol–water partition coefficient (Wildman–Crippen LogP) is 4.75. The number of hydrogen-bond acceptors (Lipinski definition) is 3. The number of benzene rings is 1. The zero-order valence-electron chi connectivity index (χ0n) is 9.15. The van der Waals surface area contributed by atoms with Crippen LogP contribution >= 0.6 is 39.1 Å². The van der Waals surface area contributed by atoms with Crippen molar-refractivity contribution in [1.29, 1.82) is 0 Å². The number of nitrogens with zero attached hydrogens (tertiary/aromatic N) is 1. The third-order valence-electron chi connectivity index (χ3n) is 2.22. The molecule has 3 N–H and O–H groups in total. The lowest BCUT2D eigenvalue weighted by Crippen LogP contribution is -2.01. The number of anilines is 3. The van der Waals surface area contributed by atoms with Crippen molar-refractivity contribution in [3.8, 4) is 0 Å². The van der Waals surface area contributed by atoms with Gasteiger partial charge in [0, 0.05) is 6.07 Å². The van der Waals surface area contributed by atoms with E-state index in [-0.39, 0.29) is 31.8 Å². The number of hydrogen-bond donors (Lipinski definition) is 2. The zero-order valence-corrected chi connectivity index (χ0v) is 12.2. The van der Waals surface area contributed by atoms with E-state index in [2.05, 4.69) is 26.2 Å². The Bertz CT molecular complexity index is 597. The molecule has 100 valence electrons. The van der Waals surface area contributed by atoms with Crippen LogP contribution in [-0.2, 0) is 0 Å². The van der Waals surface area contributed by atoms with Gasteiger partial charge in [-0.05, 0) is 28.1 Å².